The molecule has 0 saturated heterocycles. The average molecular weight is 484 g/mol. The number of carbonyl (C=O) groups excluding carboxylic acids is 1. The number of rotatable bonds is 4. The van der Waals surface area contributed by atoms with E-state index in [1.165, 1.54) is 4.88 Å². The molecule has 1 N–H and O–H groups in total. The average Bonchev–Trinajstić information content (AvgIpc) is 3.14. The van der Waals surface area contributed by atoms with Crippen molar-refractivity contribution in [2.45, 2.75) is 51.1 Å². The Kier molecular flexibility index (Phi) is 4.75. The number of hydrogen-bond donors (Lipinski definition) is 1. The number of nitrogens with one attached hydrogen (secondary N) is 1. The Labute approximate surface area is 199 Å². The zero-order valence-electron chi connectivity index (χ0n) is 18.4. The van der Waals surface area contributed by atoms with Crippen molar-refractivity contribution in [2.24, 2.45) is 10.9 Å². The van der Waals surface area contributed by atoms with E-state index < -0.39 is 12.7 Å². The molecule has 1 spiro atoms. The maximum Gasteiger partial charge on any atom is 0.224 e. The lowest BCUT2D eigenvalue weighted by Gasteiger charge is -2.15. The van der Waals surface area contributed by atoms with Crippen molar-refractivity contribution in [3.05, 3.63) is 62.5 Å². The number of aliphatic imine (C=N–C) groups is 1. The zero-order chi connectivity index (χ0) is 22.9. The van der Waals surface area contributed by atoms with E-state index in [0.29, 0.717) is 17.9 Å². The summed E-state index contributed by atoms with van der Waals surface area (Å²) in [5.41, 5.74) is 3.55. The number of carbonyl (C=O) groups is 1. The van der Waals surface area contributed by atoms with Crippen molar-refractivity contribution in [2.75, 3.05) is 6.67 Å². The summed E-state index contributed by atoms with van der Waals surface area (Å²) in [6.07, 6.45) is 3.07. The highest BCUT2D eigenvalue weighted by molar-refractivity contribution is 7.15. The fourth-order valence-electron chi connectivity index (χ4n) is 4.94. The lowest BCUT2D eigenvalue weighted by atomic mass is 9.97. The number of nitrogens with zero attached hydrogens (tertiary/aromatic N) is 4. The lowest BCUT2D eigenvalue weighted by molar-refractivity contribution is -0.125. The van der Waals surface area contributed by atoms with Gasteiger partial charge in [-0.05, 0) is 51.2 Å². The molecule has 0 radical (unpaired) electrons. The summed E-state index contributed by atoms with van der Waals surface area (Å²) >= 11 is 8.35. The highest BCUT2D eigenvalue weighted by atomic mass is 35.5. The van der Waals surface area contributed by atoms with Crippen LogP contribution in [0.4, 0.5) is 4.39 Å². The summed E-state index contributed by atoms with van der Waals surface area (Å²) in [6, 6.07) is 7.30. The fourth-order valence-corrected chi connectivity index (χ4v) is 6.62. The number of fused-ring (bicyclic) bond motifs is 6. The third-order valence-corrected chi connectivity index (χ3v) is 8.37. The van der Waals surface area contributed by atoms with Gasteiger partial charge in [0.25, 0.3) is 0 Å². The second-order valence-corrected chi connectivity index (χ2v) is 10.7. The molecule has 1 aliphatic heterocycles. The minimum Gasteiger partial charge on any atom is -0.351 e. The van der Waals surface area contributed by atoms with Crippen molar-refractivity contribution in [1.29, 1.82) is 0 Å². The van der Waals surface area contributed by atoms with E-state index in [2.05, 4.69) is 20.1 Å². The van der Waals surface area contributed by atoms with E-state index in [-0.39, 0.29) is 17.4 Å². The largest absolute Gasteiger partial charge is 0.351 e. The Bertz CT molecular complexity index is 1320. The summed E-state index contributed by atoms with van der Waals surface area (Å²) in [7, 11) is 0. The monoisotopic (exact) mass is 483 g/mol. The Hall–Kier alpha value is -2.58. The molecule has 1 amide bonds. The molecule has 170 valence electrons. The molecular formula is C24H23ClFN5OS. The normalized spacial score (nSPS) is 20.5. The predicted octanol–water partition coefficient (Wildman–Crippen LogP) is 4.32. The number of halogens is 2. The molecular weight excluding hydrogens is 461 g/mol. The number of aromatic nitrogens is 3. The first kappa shape index (κ1) is 21.0. The van der Waals surface area contributed by atoms with Gasteiger partial charge < -0.3 is 5.32 Å². The van der Waals surface area contributed by atoms with Crippen molar-refractivity contribution in [3.63, 3.8) is 0 Å². The number of alkyl halides is 1. The Morgan fingerprint density at radius 3 is 2.85 bits per heavy atom. The van der Waals surface area contributed by atoms with Gasteiger partial charge in [-0.1, -0.05) is 29.8 Å². The Morgan fingerprint density at radius 2 is 2.12 bits per heavy atom. The molecule has 9 heteroatoms. The summed E-state index contributed by atoms with van der Waals surface area (Å²) in [6.45, 7) is 3.08. The Balaban J connectivity index is 1.52. The standard InChI is InChI=1S/C24H23ClFN5OS/c1-12(11-26)27-21(32)14-9-16-18(10-14)33-22-19(16)20(15-5-3-4-6-17(15)25)28-24(7-8-24)23-30-29-13(2)31(22)23/h3-6,12,14H,7-11H2,1-2H3,(H,27,32)/t12-,14-/m0/s1. The topological polar surface area (TPSA) is 72.2 Å². The second-order valence-electron chi connectivity index (χ2n) is 9.23. The predicted molar refractivity (Wildman–Crippen MR) is 126 cm³/mol. The van der Waals surface area contributed by atoms with E-state index in [0.717, 1.165) is 51.9 Å². The highest BCUT2D eigenvalue weighted by Crippen LogP contribution is 2.54. The van der Waals surface area contributed by atoms with Crippen molar-refractivity contribution >= 4 is 34.6 Å². The van der Waals surface area contributed by atoms with Gasteiger partial charge in [0.2, 0.25) is 5.91 Å². The van der Waals surface area contributed by atoms with E-state index >= 15 is 0 Å². The summed E-state index contributed by atoms with van der Waals surface area (Å²) in [5, 5.41) is 13.4. The smallest absolute Gasteiger partial charge is 0.224 e. The van der Waals surface area contributed by atoms with Crippen LogP contribution in [-0.2, 0) is 23.2 Å². The van der Waals surface area contributed by atoms with E-state index in [1.54, 1.807) is 18.3 Å². The minimum absolute atomic E-state index is 0.0954. The highest BCUT2D eigenvalue weighted by Gasteiger charge is 2.52. The first-order valence-corrected chi connectivity index (χ1v) is 12.4. The first-order valence-electron chi connectivity index (χ1n) is 11.2. The number of aryl methyl sites for hydroxylation is 1. The number of thiophene rings is 1. The molecule has 3 aromatic rings. The van der Waals surface area contributed by atoms with Crippen LogP contribution in [0.15, 0.2) is 29.3 Å². The van der Waals surface area contributed by atoms with Gasteiger partial charge in [-0.2, -0.15) is 0 Å². The van der Waals surface area contributed by atoms with Gasteiger partial charge in [-0.25, -0.2) is 4.39 Å². The molecule has 3 heterocycles. The number of hydrogen-bond acceptors (Lipinski definition) is 5. The molecule has 2 aromatic heterocycles. The number of benzene rings is 1. The van der Waals surface area contributed by atoms with E-state index in [9.17, 15) is 9.18 Å². The molecule has 0 bridgehead atoms. The third-order valence-electron chi connectivity index (χ3n) is 6.80. The van der Waals surface area contributed by atoms with Gasteiger partial charge in [-0.3, -0.25) is 14.4 Å². The van der Waals surface area contributed by atoms with E-state index in [1.807, 2.05) is 31.2 Å². The number of amides is 1. The fraction of sp³-hybridized carbons (Fsp3) is 0.417. The minimum atomic E-state index is -0.573. The van der Waals surface area contributed by atoms with Crippen LogP contribution in [0, 0.1) is 12.8 Å². The van der Waals surface area contributed by atoms with Crippen LogP contribution in [0.5, 0.6) is 0 Å². The molecule has 1 saturated carbocycles. The molecule has 2 atom stereocenters. The molecule has 0 unspecified atom stereocenters. The van der Waals surface area contributed by atoms with Gasteiger partial charge >= 0.3 is 0 Å². The van der Waals surface area contributed by atoms with Gasteiger partial charge in [0, 0.05) is 26.9 Å². The molecule has 2 aliphatic carbocycles. The van der Waals surface area contributed by atoms with Crippen molar-refractivity contribution in [1.82, 2.24) is 20.1 Å². The van der Waals surface area contributed by atoms with Crippen LogP contribution in [-0.4, -0.2) is 39.1 Å². The maximum atomic E-state index is 13.0. The quantitative estimate of drug-likeness (QED) is 0.600. The molecule has 1 fully saturated rings. The summed E-state index contributed by atoms with van der Waals surface area (Å²) in [4.78, 5) is 19.3. The van der Waals surface area contributed by atoms with Crippen molar-refractivity contribution < 1.29 is 9.18 Å². The van der Waals surface area contributed by atoms with Crippen molar-refractivity contribution in [3.8, 4) is 5.00 Å². The third kappa shape index (κ3) is 3.18. The summed E-state index contributed by atoms with van der Waals surface area (Å²) < 4.78 is 15.1. The lowest BCUT2D eigenvalue weighted by Crippen LogP contribution is -2.38. The second kappa shape index (κ2) is 7.46. The van der Waals surface area contributed by atoms with Crippen LogP contribution in [0.25, 0.3) is 5.00 Å². The molecule has 3 aliphatic rings. The molecule has 6 nitrogen and oxygen atoms in total. The maximum absolute atomic E-state index is 13.0. The van der Waals surface area contributed by atoms with Gasteiger partial charge in [0.1, 0.15) is 23.0 Å². The van der Waals surface area contributed by atoms with Crippen LogP contribution in [0.2, 0.25) is 5.02 Å². The molecule has 6 rings (SSSR count). The van der Waals surface area contributed by atoms with Crippen LogP contribution >= 0.6 is 22.9 Å². The molecule has 1 aromatic carbocycles. The van der Waals surface area contributed by atoms with E-state index in [4.69, 9.17) is 16.6 Å². The molecule has 33 heavy (non-hydrogen) atoms. The van der Waals surface area contributed by atoms with Gasteiger partial charge in [0.15, 0.2) is 5.82 Å². The SMILES string of the molecule is Cc1nnc2n1-c1sc3c(c1C(c1ccccc1Cl)=NC21CC1)C[C@H](C(=O)N[C@@H](C)CF)C3. The Morgan fingerprint density at radius 1 is 1.33 bits per heavy atom. The first-order chi connectivity index (χ1) is 15.9. The van der Waals surface area contributed by atoms with Gasteiger partial charge in [0.05, 0.1) is 11.8 Å². The van der Waals surface area contributed by atoms with Crippen LogP contribution in [0.1, 0.15) is 53.0 Å². The summed E-state index contributed by atoms with van der Waals surface area (Å²) in [5.74, 6) is 1.41. The zero-order valence-corrected chi connectivity index (χ0v) is 19.9. The van der Waals surface area contributed by atoms with Crippen LogP contribution in [0.3, 0.4) is 0 Å². The van der Waals surface area contributed by atoms with Crippen LogP contribution < -0.4 is 5.32 Å². The van der Waals surface area contributed by atoms with Gasteiger partial charge in [-0.15, -0.1) is 21.5 Å².